The molecular formula is C15H28O. The van der Waals surface area contributed by atoms with Crippen LogP contribution >= 0.6 is 0 Å². The van der Waals surface area contributed by atoms with Gasteiger partial charge in [0.25, 0.3) is 0 Å². The number of rotatable bonds is 7. The number of aliphatic hydroxyl groups is 1. The summed E-state index contributed by atoms with van der Waals surface area (Å²) in [5, 5.41) is 9.60. The summed E-state index contributed by atoms with van der Waals surface area (Å²) in [7, 11) is 0. The summed E-state index contributed by atoms with van der Waals surface area (Å²) in [5.74, 6) is 0. The van der Waals surface area contributed by atoms with Crippen molar-refractivity contribution in [2.75, 3.05) is 6.61 Å². The molecule has 0 saturated heterocycles. The highest BCUT2D eigenvalue weighted by Crippen LogP contribution is 2.46. The van der Waals surface area contributed by atoms with Crippen LogP contribution in [0.15, 0.2) is 24.3 Å². The van der Waals surface area contributed by atoms with Gasteiger partial charge >= 0.3 is 0 Å². The van der Waals surface area contributed by atoms with Crippen molar-refractivity contribution in [1.29, 1.82) is 0 Å². The van der Waals surface area contributed by atoms with Crippen LogP contribution in [0.5, 0.6) is 0 Å². The van der Waals surface area contributed by atoms with Crippen molar-refractivity contribution >= 4 is 0 Å². The van der Waals surface area contributed by atoms with Crippen LogP contribution in [-0.2, 0) is 0 Å². The summed E-state index contributed by atoms with van der Waals surface area (Å²) < 4.78 is 0. The van der Waals surface area contributed by atoms with Gasteiger partial charge in [0.1, 0.15) is 0 Å². The number of aliphatic hydroxyl groups excluding tert-OH is 1. The molecule has 0 radical (unpaired) electrons. The topological polar surface area (TPSA) is 20.2 Å². The van der Waals surface area contributed by atoms with Crippen molar-refractivity contribution in [2.45, 2.75) is 53.9 Å². The normalized spacial score (nSPS) is 18.4. The lowest BCUT2D eigenvalue weighted by molar-refractivity contribution is 0.0312. The fourth-order valence-corrected chi connectivity index (χ4v) is 2.01. The molecule has 0 aliphatic rings. The monoisotopic (exact) mass is 224 g/mol. The van der Waals surface area contributed by atoms with Crippen LogP contribution in [0, 0.1) is 10.8 Å². The van der Waals surface area contributed by atoms with Gasteiger partial charge in [-0.2, -0.15) is 0 Å². The van der Waals surface area contributed by atoms with Crippen LogP contribution < -0.4 is 0 Å². The Balaban J connectivity index is 4.77. The van der Waals surface area contributed by atoms with Gasteiger partial charge in [-0.05, 0) is 43.9 Å². The molecule has 0 amide bonds. The summed E-state index contributed by atoms with van der Waals surface area (Å²) in [4.78, 5) is 0. The van der Waals surface area contributed by atoms with Crippen molar-refractivity contribution in [3.05, 3.63) is 24.3 Å². The van der Waals surface area contributed by atoms with Crippen LogP contribution in [0.1, 0.15) is 53.9 Å². The van der Waals surface area contributed by atoms with Gasteiger partial charge in [-0.25, -0.2) is 0 Å². The lowest BCUT2D eigenvalue weighted by Gasteiger charge is -2.43. The number of allylic oxidation sites excluding steroid dienone is 3. The molecule has 1 N–H and O–H groups in total. The van der Waals surface area contributed by atoms with Gasteiger partial charge in [0, 0.05) is 6.61 Å². The Labute approximate surface area is 101 Å². The second kappa shape index (κ2) is 6.24. The Morgan fingerprint density at radius 2 is 1.88 bits per heavy atom. The third kappa shape index (κ3) is 3.48. The molecule has 0 aliphatic carbocycles. The summed E-state index contributed by atoms with van der Waals surface area (Å²) in [6.45, 7) is 14.9. The quantitative estimate of drug-likeness (QED) is 0.638. The summed E-state index contributed by atoms with van der Waals surface area (Å²) in [5.41, 5.74) is 1.29. The first-order valence-electron chi connectivity index (χ1n) is 6.23. The second-order valence-corrected chi connectivity index (χ2v) is 5.51. The van der Waals surface area contributed by atoms with E-state index in [1.54, 1.807) is 0 Å². The molecule has 0 fully saturated rings. The first-order valence-corrected chi connectivity index (χ1v) is 6.23. The molecule has 0 aromatic carbocycles. The molecular weight excluding hydrogens is 196 g/mol. The van der Waals surface area contributed by atoms with Gasteiger partial charge in [0.2, 0.25) is 0 Å². The summed E-state index contributed by atoms with van der Waals surface area (Å²) in [6.07, 6.45) is 7.36. The van der Waals surface area contributed by atoms with E-state index >= 15 is 0 Å². The first-order chi connectivity index (χ1) is 7.35. The zero-order valence-electron chi connectivity index (χ0n) is 11.6. The first kappa shape index (κ1) is 15.4. The lowest BCUT2D eigenvalue weighted by atomic mass is 9.62. The molecule has 1 heteroatoms. The molecule has 16 heavy (non-hydrogen) atoms. The molecule has 0 heterocycles. The summed E-state index contributed by atoms with van der Waals surface area (Å²) >= 11 is 0. The predicted octanol–water partition coefficient (Wildman–Crippen LogP) is 4.33. The van der Waals surface area contributed by atoms with E-state index in [2.05, 4.69) is 47.3 Å². The van der Waals surface area contributed by atoms with Gasteiger partial charge in [-0.1, -0.05) is 38.5 Å². The summed E-state index contributed by atoms with van der Waals surface area (Å²) in [6, 6.07) is 0. The largest absolute Gasteiger partial charge is 0.396 e. The maximum absolute atomic E-state index is 9.60. The average molecular weight is 224 g/mol. The van der Waals surface area contributed by atoms with Crippen molar-refractivity contribution < 1.29 is 5.11 Å². The van der Waals surface area contributed by atoms with E-state index in [-0.39, 0.29) is 17.4 Å². The van der Waals surface area contributed by atoms with Crippen molar-refractivity contribution in [1.82, 2.24) is 0 Å². The minimum Gasteiger partial charge on any atom is -0.396 e. The van der Waals surface area contributed by atoms with E-state index in [0.717, 1.165) is 19.3 Å². The SMILES string of the molecule is C=C[C@@](C)(CCC=C(C)C)[C@](C)(CC)CO. The van der Waals surface area contributed by atoms with E-state index in [0.29, 0.717) is 0 Å². The average Bonchev–Trinajstić information content (AvgIpc) is 2.27. The predicted molar refractivity (Wildman–Crippen MR) is 72.5 cm³/mol. The Bertz CT molecular complexity index is 244. The van der Waals surface area contributed by atoms with Crippen molar-refractivity contribution in [3.63, 3.8) is 0 Å². The third-order valence-corrected chi connectivity index (χ3v) is 4.17. The van der Waals surface area contributed by atoms with Gasteiger partial charge in [0.05, 0.1) is 0 Å². The van der Waals surface area contributed by atoms with E-state index < -0.39 is 0 Å². The third-order valence-electron chi connectivity index (χ3n) is 4.17. The minimum absolute atomic E-state index is 0.00243. The molecule has 2 atom stereocenters. The van der Waals surface area contributed by atoms with Crippen LogP contribution in [0.4, 0.5) is 0 Å². The Kier molecular flexibility index (Phi) is 6.02. The van der Waals surface area contributed by atoms with E-state index in [9.17, 15) is 5.11 Å². The molecule has 94 valence electrons. The highest BCUT2D eigenvalue weighted by Gasteiger charge is 2.39. The highest BCUT2D eigenvalue weighted by molar-refractivity contribution is 5.04. The molecule has 0 aromatic rings. The van der Waals surface area contributed by atoms with E-state index in [1.165, 1.54) is 5.57 Å². The van der Waals surface area contributed by atoms with Crippen molar-refractivity contribution in [3.8, 4) is 0 Å². The molecule has 0 bridgehead atoms. The Hall–Kier alpha value is -0.560. The smallest absolute Gasteiger partial charge is 0.0492 e. The standard InChI is InChI=1S/C15H28O/c1-7-14(5,11-9-10-13(3)4)15(6,8-2)12-16/h7,10,16H,1,8-9,11-12H2,2-6H3/t14-,15+/m0/s1. The molecule has 0 unspecified atom stereocenters. The Morgan fingerprint density at radius 1 is 1.31 bits per heavy atom. The van der Waals surface area contributed by atoms with Crippen LogP contribution in [-0.4, -0.2) is 11.7 Å². The zero-order chi connectivity index (χ0) is 12.8. The maximum Gasteiger partial charge on any atom is 0.0492 e. The van der Waals surface area contributed by atoms with Gasteiger partial charge in [-0.3, -0.25) is 0 Å². The minimum atomic E-state index is -0.0652. The molecule has 0 aliphatic heterocycles. The zero-order valence-corrected chi connectivity index (χ0v) is 11.6. The van der Waals surface area contributed by atoms with E-state index in [4.69, 9.17) is 0 Å². The second-order valence-electron chi connectivity index (χ2n) is 5.51. The maximum atomic E-state index is 9.60. The number of hydrogen-bond acceptors (Lipinski definition) is 1. The van der Waals surface area contributed by atoms with Gasteiger partial charge in [-0.15, -0.1) is 6.58 Å². The molecule has 0 saturated carbocycles. The van der Waals surface area contributed by atoms with Crippen LogP contribution in [0.3, 0.4) is 0 Å². The molecule has 0 rings (SSSR count). The fraction of sp³-hybridized carbons (Fsp3) is 0.733. The van der Waals surface area contributed by atoms with Crippen LogP contribution in [0.2, 0.25) is 0 Å². The van der Waals surface area contributed by atoms with Gasteiger partial charge in [0.15, 0.2) is 0 Å². The fourth-order valence-electron chi connectivity index (χ4n) is 2.01. The Morgan fingerprint density at radius 3 is 2.19 bits per heavy atom. The highest BCUT2D eigenvalue weighted by atomic mass is 16.3. The lowest BCUT2D eigenvalue weighted by Crippen LogP contribution is -2.38. The molecule has 0 spiro atoms. The van der Waals surface area contributed by atoms with Gasteiger partial charge < -0.3 is 5.11 Å². The van der Waals surface area contributed by atoms with Crippen LogP contribution in [0.25, 0.3) is 0 Å². The molecule has 0 aromatic heterocycles. The number of hydrogen-bond donors (Lipinski definition) is 1. The van der Waals surface area contributed by atoms with Crippen molar-refractivity contribution in [2.24, 2.45) is 10.8 Å². The van der Waals surface area contributed by atoms with E-state index in [1.807, 2.05) is 6.08 Å². The molecule has 1 nitrogen and oxygen atoms in total.